The van der Waals surface area contributed by atoms with Gasteiger partial charge < -0.3 is 5.32 Å². The lowest BCUT2D eigenvalue weighted by molar-refractivity contribution is -0.126. The summed E-state index contributed by atoms with van der Waals surface area (Å²) < 4.78 is 69.0. The number of nitrogens with zero attached hydrogens (tertiary/aromatic N) is 1. The minimum absolute atomic E-state index is 0.0747. The van der Waals surface area contributed by atoms with Crippen LogP contribution in [0, 0.1) is 11.7 Å². The third-order valence-corrected chi connectivity index (χ3v) is 9.79. The maximum absolute atomic E-state index is 13.5. The first kappa shape index (κ1) is 30.3. The predicted octanol–water partition coefficient (Wildman–Crippen LogP) is 6.05. The number of hydrogen-bond donors (Lipinski definition) is 2. The number of benzene rings is 3. The summed E-state index contributed by atoms with van der Waals surface area (Å²) in [6, 6.07) is 19.9. The standard InChI is InChI=1S/C32H36F3N3O3S/c1-22(24-6-12-28(33)13-7-24)36-31(39)27-8-14-29(15-9-27)37-42(40,41)30-16-10-26(11-17-30)25-4-2-23(3-5-25)20-38-19-18-32(34,35)21-38/h2-7,10-13,16-17,22,27,29,37H,8-9,14-15,18-21H2,1H3,(H,36,39)/t22-,27?,29?/m1/s1. The summed E-state index contributed by atoms with van der Waals surface area (Å²) in [6.07, 6.45) is 2.16. The molecule has 3 aromatic rings. The Kier molecular flexibility index (Phi) is 9.05. The molecule has 0 bridgehead atoms. The molecule has 0 spiro atoms. The second-order valence-corrected chi connectivity index (χ2v) is 13.2. The van der Waals surface area contributed by atoms with E-state index in [1.54, 1.807) is 41.3 Å². The molecule has 1 aliphatic heterocycles. The third-order valence-electron chi connectivity index (χ3n) is 8.26. The number of carbonyl (C=O) groups excluding carboxylic acids is 1. The fourth-order valence-electron chi connectivity index (χ4n) is 5.76. The van der Waals surface area contributed by atoms with Gasteiger partial charge in [0.05, 0.1) is 17.5 Å². The molecule has 2 N–H and O–H groups in total. The second kappa shape index (κ2) is 12.6. The number of hydrogen-bond acceptors (Lipinski definition) is 4. The van der Waals surface area contributed by atoms with Gasteiger partial charge in [0, 0.05) is 31.5 Å². The lowest BCUT2D eigenvalue weighted by Gasteiger charge is -2.29. The number of halogens is 3. The van der Waals surface area contributed by atoms with E-state index in [1.807, 2.05) is 31.2 Å². The Balaban J connectivity index is 1.11. The summed E-state index contributed by atoms with van der Waals surface area (Å²) >= 11 is 0. The first-order valence-corrected chi connectivity index (χ1v) is 15.8. The van der Waals surface area contributed by atoms with E-state index in [9.17, 15) is 26.4 Å². The molecule has 1 heterocycles. The largest absolute Gasteiger partial charge is 0.349 e. The summed E-state index contributed by atoms with van der Waals surface area (Å²) in [4.78, 5) is 14.7. The highest BCUT2D eigenvalue weighted by Gasteiger charge is 2.37. The predicted molar refractivity (Wildman–Crippen MR) is 156 cm³/mol. The highest BCUT2D eigenvalue weighted by molar-refractivity contribution is 7.89. The summed E-state index contributed by atoms with van der Waals surface area (Å²) in [5, 5.41) is 2.99. The molecule has 2 aliphatic rings. The van der Waals surface area contributed by atoms with Crippen molar-refractivity contribution in [1.82, 2.24) is 14.9 Å². The zero-order valence-corrected chi connectivity index (χ0v) is 24.3. The number of carbonyl (C=O) groups is 1. The minimum atomic E-state index is -3.73. The molecule has 224 valence electrons. The molecule has 1 saturated heterocycles. The van der Waals surface area contributed by atoms with E-state index in [-0.39, 0.29) is 47.6 Å². The van der Waals surface area contributed by atoms with E-state index in [1.165, 1.54) is 12.1 Å². The van der Waals surface area contributed by atoms with Crippen LogP contribution in [0.2, 0.25) is 0 Å². The van der Waals surface area contributed by atoms with Gasteiger partial charge in [-0.25, -0.2) is 26.3 Å². The molecule has 0 radical (unpaired) electrons. The Morgan fingerprint density at radius 2 is 1.52 bits per heavy atom. The van der Waals surface area contributed by atoms with Gasteiger partial charge in [-0.1, -0.05) is 48.5 Å². The molecule has 5 rings (SSSR count). The maximum atomic E-state index is 13.5. The van der Waals surface area contributed by atoms with E-state index in [2.05, 4.69) is 10.0 Å². The summed E-state index contributed by atoms with van der Waals surface area (Å²) in [6.45, 7) is 2.49. The van der Waals surface area contributed by atoms with Crippen LogP contribution >= 0.6 is 0 Å². The maximum Gasteiger partial charge on any atom is 0.261 e. The van der Waals surface area contributed by atoms with Gasteiger partial charge in [0.25, 0.3) is 5.92 Å². The van der Waals surface area contributed by atoms with Gasteiger partial charge in [0.15, 0.2) is 0 Å². The van der Waals surface area contributed by atoms with Gasteiger partial charge in [-0.3, -0.25) is 9.69 Å². The van der Waals surface area contributed by atoms with Crippen molar-refractivity contribution in [3.63, 3.8) is 0 Å². The van der Waals surface area contributed by atoms with Crippen molar-refractivity contribution >= 4 is 15.9 Å². The zero-order chi connectivity index (χ0) is 29.9. The number of alkyl halides is 2. The smallest absolute Gasteiger partial charge is 0.261 e. The molecule has 6 nitrogen and oxygen atoms in total. The molecule has 3 aromatic carbocycles. The first-order chi connectivity index (χ1) is 20.0. The van der Waals surface area contributed by atoms with Crippen LogP contribution in [0.3, 0.4) is 0 Å². The number of likely N-dealkylation sites (tertiary alicyclic amines) is 1. The molecular formula is C32H36F3N3O3S. The fourth-order valence-corrected chi connectivity index (χ4v) is 7.06. The van der Waals surface area contributed by atoms with Crippen molar-refractivity contribution in [3.8, 4) is 11.1 Å². The van der Waals surface area contributed by atoms with Crippen molar-refractivity contribution in [2.45, 2.75) is 68.5 Å². The van der Waals surface area contributed by atoms with Crippen LogP contribution in [0.25, 0.3) is 11.1 Å². The van der Waals surface area contributed by atoms with Crippen molar-refractivity contribution in [2.75, 3.05) is 13.1 Å². The molecule has 1 amide bonds. The molecule has 1 saturated carbocycles. The number of rotatable bonds is 9. The number of nitrogens with one attached hydrogen (secondary N) is 2. The van der Waals surface area contributed by atoms with E-state index in [4.69, 9.17) is 0 Å². The normalized spacial score (nSPS) is 21.6. The van der Waals surface area contributed by atoms with E-state index in [0.29, 0.717) is 38.8 Å². The SMILES string of the molecule is C[C@@H](NC(=O)C1CCC(NS(=O)(=O)c2ccc(-c3ccc(CN4CCC(F)(F)C4)cc3)cc2)CC1)c1ccc(F)cc1. The van der Waals surface area contributed by atoms with Crippen LogP contribution in [-0.2, 0) is 21.4 Å². The first-order valence-electron chi connectivity index (χ1n) is 14.4. The summed E-state index contributed by atoms with van der Waals surface area (Å²) in [5.74, 6) is -3.21. The minimum Gasteiger partial charge on any atom is -0.349 e. The molecule has 2 fully saturated rings. The van der Waals surface area contributed by atoms with Crippen LogP contribution in [-0.4, -0.2) is 44.3 Å². The average Bonchev–Trinajstić information content (AvgIpc) is 3.31. The van der Waals surface area contributed by atoms with Crippen LogP contribution in [0.15, 0.2) is 77.7 Å². The summed E-state index contributed by atoms with van der Waals surface area (Å²) in [7, 11) is -3.73. The summed E-state index contributed by atoms with van der Waals surface area (Å²) in [5.41, 5.74) is 3.54. The van der Waals surface area contributed by atoms with Gasteiger partial charge in [-0.05, 0) is 79.1 Å². The van der Waals surface area contributed by atoms with E-state index >= 15 is 0 Å². The highest BCUT2D eigenvalue weighted by Crippen LogP contribution is 2.30. The molecule has 0 unspecified atom stereocenters. The van der Waals surface area contributed by atoms with E-state index in [0.717, 1.165) is 22.3 Å². The second-order valence-electron chi connectivity index (χ2n) is 11.5. The molecule has 1 aliphatic carbocycles. The van der Waals surface area contributed by atoms with Crippen molar-refractivity contribution in [1.29, 1.82) is 0 Å². The van der Waals surface area contributed by atoms with E-state index < -0.39 is 15.9 Å². The van der Waals surface area contributed by atoms with Crippen LogP contribution in [0.5, 0.6) is 0 Å². The van der Waals surface area contributed by atoms with Crippen molar-refractivity contribution < 1.29 is 26.4 Å². The number of amides is 1. The van der Waals surface area contributed by atoms with Gasteiger partial charge in [-0.2, -0.15) is 0 Å². The molecule has 1 atom stereocenters. The van der Waals surface area contributed by atoms with Gasteiger partial charge in [0.2, 0.25) is 15.9 Å². The van der Waals surface area contributed by atoms with Gasteiger partial charge in [-0.15, -0.1) is 0 Å². The zero-order valence-electron chi connectivity index (χ0n) is 23.5. The molecular weight excluding hydrogens is 563 g/mol. The Labute approximate surface area is 245 Å². The van der Waals surface area contributed by atoms with Gasteiger partial charge in [0.1, 0.15) is 5.82 Å². The van der Waals surface area contributed by atoms with Crippen LogP contribution in [0.1, 0.15) is 56.2 Å². The fraction of sp³-hybridized carbons (Fsp3) is 0.406. The Morgan fingerprint density at radius 3 is 2.10 bits per heavy atom. The Bertz CT molecular complexity index is 1470. The Morgan fingerprint density at radius 1 is 0.929 bits per heavy atom. The monoisotopic (exact) mass is 599 g/mol. The Hall–Kier alpha value is -3.21. The van der Waals surface area contributed by atoms with Crippen molar-refractivity contribution in [2.24, 2.45) is 5.92 Å². The highest BCUT2D eigenvalue weighted by atomic mass is 32.2. The molecule has 42 heavy (non-hydrogen) atoms. The topological polar surface area (TPSA) is 78.5 Å². The van der Waals surface area contributed by atoms with Crippen molar-refractivity contribution in [3.05, 3.63) is 89.7 Å². The van der Waals surface area contributed by atoms with Crippen LogP contribution < -0.4 is 10.0 Å². The van der Waals surface area contributed by atoms with Crippen LogP contribution in [0.4, 0.5) is 13.2 Å². The van der Waals surface area contributed by atoms with Gasteiger partial charge >= 0.3 is 0 Å². The third kappa shape index (κ3) is 7.59. The number of sulfonamides is 1. The molecule has 10 heteroatoms. The lowest BCUT2D eigenvalue weighted by Crippen LogP contribution is -2.41. The molecule has 0 aromatic heterocycles. The quantitative estimate of drug-likeness (QED) is 0.314. The lowest BCUT2D eigenvalue weighted by atomic mass is 9.85. The average molecular weight is 600 g/mol.